The summed E-state index contributed by atoms with van der Waals surface area (Å²) < 4.78 is 0. The zero-order valence-electron chi connectivity index (χ0n) is 8.13. The molecule has 0 spiro atoms. The summed E-state index contributed by atoms with van der Waals surface area (Å²) in [5.74, 6) is -0.0463. The molecule has 1 N–H and O–H groups in total. The monoisotopic (exact) mass is 206 g/mol. The molecule has 1 atom stereocenters. The molecule has 0 aromatic carbocycles. The van der Waals surface area contributed by atoms with Crippen molar-refractivity contribution in [2.24, 2.45) is 0 Å². The molecule has 1 unspecified atom stereocenters. The zero-order valence-corrected chi connectivity index (χ0v) is 8.89. The van der Waals surface area contributed by atoms with Gasteiger partial charge in [-0.25, -0.2) is 0 Å². The predicted octanol–water partition coefficient (Wildman–Crippen LogP) is 0.208. The van der Waals surface area contributed by atoms with Crippen molar-refractivity contribution in [2.45, 2.75) is 19.4 Å². The maximum absolute atomic E-state index is 11.3. The lowest BCUT2D eigenvalue weighted by molar-refractivity contribution is -0.133. The number of carbonyl (C=O) groups excluding carboxylic acids is 2. The second-order valence-electron chi connectivity index (χ2n) is 2.96. The van der Waals surface area contributed by atoms with Crippen molar-refractivity contribution in [3.63, 3.8) is 0 Å². The van der Waals surface area contributed by atoms with E-state index in [-0.39, 0.29) is 24.1 Å². The van der Waals surface area contributed by atoms with Crippen LogP contribution < -0.4 is 5.32 Å². The SMILES string of the molecule is CC(NC(=O)CCCl)C(=O)N(C)C. The molecule has 0 heterocycles. The van der Waals surface area contributed by atoms with E-state index in [0.29, 0.717) is 0 Å². The molecule has 13 heavy (non-hydrogen) atoms. The molecule has 76 valence electrons. The molecule has 5 heteroatoms. The average molecular weight is 207 g/mol. The molecule has 0 bridgehead atoms. The first-order valence-corrected chi connectivity index (χ1v) is 4.59. The minimum absolute atomic E-state index is 0.122. The third kappa shape index (κ3) is 4.72. The van der Waals surface area contributed by atoms with Crippen molar-refractivity contribution in [1.29, 1.82) is 0 Å². The van der Waals surface area contributed by atoms with E-state index in [0.717, 1.165) is 0 Å². The first kappa shape index (κ1) is 12.2. The van der Waals surface area contributed by atoms with Crippen LogP contribution in [0.5, 0.6) is 0 Å². The van der Waals surface area contributed by atoms with E-state index in [4.69, 9.17) is 11.6 Å². The van der Waals surface area contributed by atoms with Gasteiger partial charge in [0.05, 0.1) is 0 Å². The van der Waals surface area contributed by atoms with E-state index in [2.05, 4.69) is 5.32 Å². The van der Waals surface area contributed by atoms with Gasteiger partial charge < -0.3 is 10.2 Å². The number of likely N-dealkylation sites (N-methyl/N-ethyl adjacent to an activating group) is 1. The first-order valence-electron chi connectivity index (χ1n) is 4.05. The van der Waals surface area contributed by atoms with Crippen LogP contribution >= 0.6 is 11.6 Å². The maximum atomic E-state index is 11.3. The largest absolute Gasteiger partial charge is 0.347 e. The topological polar surface area (TPSA) is 49.4 Å². The lowest BCUT2D eigenvalue weighted by Gasteiger charge is -2.17. The summed E-state index contributed by atoms with van der Waals surface area (Å²) >= 11 is 5.37. The minimum Gasteiger partial charge on any atom is -0.347 e. The van der Waals surface area contributed by atoms with Crippen LogP contribution in [0.15, 0.2) is 0 Å². The van der Waals surface area contributed by atoms with Gasteiger partial charge in [-0.05, 0) is 6.92 Å². The molecule has 4 nitrogen and oxygen atoms in total. The highest BCUT2D eigenvalue weighted by Crippen LogP contribution is 1.91. The summed E-state index contributed by atoms with van der Waals surface area (Å²) in [4.78, 5) is 23.7. The first-order chi connectivity index (χ1) is 5.99. The normalized spacial score (nSPS) is 12.0. The van der Waals surface area contributed by atoms with Gasteiger partial charge in [-0.3, -0.25) is 9.59 Å². The van der Waals surface area contributed by atoms with Crippen LogP contribution in [-0.2, 0) is 9.59 Å². The number of amides is 2. The van der Waals surface area contributed by atoms with E-state index < -0.39 is 6.04 Å². The second kappa shape index (κ2) is 5.80. The van der Waals surface area contributed by atoms with Crippen LogP contribution in [0.2, 0.25) is 0 Å². The summed E-state index contributed by atoms with van der Waals surface area (Å²) in [5, 5.41) is 2.55. The summed E-state index contributed by atoms with van der Waals surface area (Å²) in [6, 6.07) is -0.481. The molecule has 0 saturated heterocycles. The Morgan fingerprint density at radius 1 is 1.46 bits per heavy atom. The van der Waals surface area contributed by atoms with E-state index in [1.165, 1.54) is 4.90 Å². The van der Waals surface area contributed by atoms with Crippen molar-refractivity contribution in [2.75, 3.05) is 20.0 Å². The van der Waals surface area contributed by atoms with Gasteiger partial charge in [0.1, 0.15) is 6.04 Å². The van der Waals surface area contributed by atoms with Crippen molar-refractivity contribution >= 4 is 23.4 Å². The molecule has 0 aromatic heterocycles. The second-order valence-corrected chi connectivity index (χ2v) is 3.34. The fraction of sp³-hybridized carbons (Fsp3) is 0.750. The molecular formula is C8H15ClN2O2. The van der Waals surface area contributed by atoms with Crippen molar-refractivity contribution < 1.29 is 9.59 Å². The summed E-state index contributed by atoms with van der Waals surface area (Å²) in [6.45, 7) is 1.65. The Morgan fingerprint density at radius 3 is 2.38 bits per heavy atom. The van der Waals surface area contributed by atoms with Gasteiger partial charge in [0.15, 0.2) is 0 Å². The summed E-state index contributed by atoms with van der Waals surface area (Å²) in [5.41, 5.74) is 0. The smallest absolute Gasteiger partial charge is 0.244 e. The number of hydrogen-bond donors (Lipinski definition) is 1. The Morgan fingerprint density at radius 2 is 2.00 bits per heavy atom. The third-order valence-electron chi connectivity index (χ3n) is 1.51. The highest BCUT2D eigenvalue weighted by atomic mass is 35.5. The number of nitrogens with zero attached hydrogens (tertiary/aromatic N) is 1. The molecular weight excluding hydrogens is 192 g/mol. The molecule has 0 fully saturated rings. The number of nitrogens with one attached hydrogen (secondary N) is 1. The molecule has 0 radical (unpaired) electrons. The molecule has 0 aromatic rings. The van der Waals surface area contributed by atoms with Crippen molar-refractivity contribution in [1.82, 2.24) is 10.2 Å². The van der Waals surface area contributed by atoms with Crippen LogP contribution in [0.1, 0.15) is 13.3 Å². The molecule has 0 aliphatic carbocycles. The Balaban J connectivity index is 3.92. The number of carbonyl (C=O) groups is 2. The van der Waals surface area contributed by atoms with E-state index in [9.17, 15) is 9.59 Å². The van der Waals surface area contributed by atoms with Crippen molar-refractivity contribution in [3.05, 3.63) is 0 Å². The quantitative estimate of drug-likeness (QED) is 0.669. The highest BCUT2D eigenvalue weighted by Gasteiger charge is 2.16. The Kier molecular flexibility index (Phi) is 5.46. The highest BCUT2D eigenvalue weighted by molar-refractivity contribution is 6.18. The Bertz CT molecular complexity index is 195. The number of halogens is 1. The standard InChI is InChI=1S/C8H15ClN2O2/c1-6(8(13)11(2)3)10-7(12)4-5-9/h6H,4-5H2,1-3H3,(H,10,12). The molecule has 0 aliphatic heterocycles. The van der Waals surface area contributed by atoms with Crippen LogP contribution in [0.25, 0.3) is 0 Å². The fourth-order valence-corrected chi connectivity index (χ4v) is 1.02. The van der Waals surface area contributed by atoms with Crippen LogP contribution in [0.4, 0.5) is 0 Å². The van der Waals surface area contributed by atoms with Crippen LogP contribution in [-0.4, -0.2) is 42.7 Å². The van der Waals surface area contributed by atoms with Gasteiger partial charge >= 0.3 is 0 Å². The van der Waals surface area contributed by atoms with Crippen LogP contribution in [0, 0.1) is 0 Å². The fourth-order valence-electron chi connectivity index (χ4n) is 0.849. The number of alkyl halides is 1. The molecule has 0 rings (SSSR count). The zero-order chi connectivity index (χ0) is 10.4. The van der Waals surface area contributed by atoms with Gasteiger partial charge in [0.2, 0.25) is 11.8 Å². The summed E-state index contributed by atoms with van der Waals surface area (Å²) in [6.07, 6.45) is 0.243. The maximum Gasteiger partial charge on any atom is 0.244 e. The van der Waals surface area contributed by atoms with E-state index in [1.807, 2.05) is 0 Å². The minimum atomic E-state index is -0.481. The molecule has 0 aliphatic rings. The van der Waals surface area contributed by atoms with Gasteiger partial charge in [0.25, 0.3) is 0 Å². The van der Waals surface area contributed by atoms with Gasteiger partial charge in [-0.1, -0.05) is 0 Å². The van der Waals surface area contributed by atoms with Crippen LogP contribution in [0.3, 0.4) is 0 Å². The lowest BCUT2D eigenvalue weighted by Crippen LogP contribution is -2.44. The Labute approximate surface area is 83.2 Å². The number of hydrogen-bond acceptors (Lipinski definition) is 2. The van der Waals surface area contributed by atoms with E-state index >= 15 is 0 Å². The average Bonchev–Trinajstić information content (AvgIpc) is 2.03. The summed E-state index contributed by atoms with van der Waals surface area (Å²) in [7, 11) is 3.29. The lowest BCUT2D eigenvalue weighted by atomic mass is 10.3. The predicted molar refractivity (Wildman–Crippen MR) is 51.6 cm³/mol. The molecule has 0 saturated carbocycles. The molecule has 2 amide bonds. The van der Waals surface area contributed by atoms with E-state index in [1.54, 1.807) is 21.0 Å². The Hall–Kier alpha value is -0.770. The van der Waals surface area contributed by atoms with Gasteiger partial charge in [-0.2, -0.15) is 0 Å². The third-order valence-corrected chi connectivity index (χ3v) is 1.70. The van der Waals surface area contributed by atoms with Crippen molar-refractivity contribution in [3.8, 4) is 0 Å². The van der Waals surface area contributed by atoms with Gasteiger partial charge in [0, 0.05) is 26.4 Å². The number of rotatable bonds is 4. The van der Waals surface area contributed by atoms with Gasteiger partial charge in [-0.15, -0.1) is 11.6 Å².